The topological polar surface area (TPSA) is 49.4 Å². The molecule has 7 heteroatoms. The second kappa shape index (κ2) is 5.97. The van der Waals surface area contributed by atoms with E-state index in [1.165, 1.54) is 4.31 Å². The first kappa shape index (κ1) is 15.1. The van der Waals surface area contributed by atoms with Crippen LogP contribution in [0.4, 0.5) is 0 Å². The predicted octanol–water partition coefficient (Wildman–Crippen LogP) is 2.12. The van der Waals surface area contributed by atoms with Gasteiger partial charge in [-0.3, -0.25) is 0 Å². The summed E-state index contributed by atoms with van der Waals surface area (Å²) < 4.78 is 26.2. The summed E-state index contributed by atoms with van der Waals surface area (Å²) in [6.45, 7) is 3.65. The molecule has 1 aromatic rings. The average molecular weight is 323 g/mol. The lowest BCUT2D eigenvalue weighted by Crippen LogP contribution is -2.51. The van der Waals surface area contributed by atoms with Crippen molar-refractivity contribution in [1.29, 1.82) is 0 Å². The van der Waals surface area contributed by atoms with Crippen molar-refractivity contribution < 1.29 is 8.42 Å². The summed E-state index contributed by atoms with van der Waals surface area (Å²) in [7, 11) is -3.33. The Morgan fingerprint density at radius 3 is 2.53 bits per heavy atom. The molecule has 0 aliphatic carbocycles. The molecule has 1 saturated heterocycles. The van der Waals surface area contributed by atoms with Gasteiger partial charge in [0.15, 0.2) is 0 Å². The molecular weight excluding hydrogens is 307 g/mol. The first-order valence-electron chi connectivity index (χ1n) is 6.03. The number of hydrogen-bond acceptors (Lipinski definition) is 3. The zero-order valence-electron chi connectivity index (χ0n) is 10.6. The van der Waals surface area contributed by atoms with Crippen molar-refractivity contribution in [3.63, 3.8) is 0 Å². The SMILES string of the molecule is CC1CN(S(=O)(=O)Cc2cc(Cl)cc(Cl)c2)CCN1. The van der Waals surface area contributed by atoms with Crippen molar-refractivity contribution >= 4 is 33.2 Å². The molecule has 1 aliphatic heterocycles. The summed E-state index contributed by atoms with van der Waals surface area (Å²) in [5.74, 6) is -0.0694. The lowest BCUT2D eigenvalue weighted by atomic mass is 10.2. The highest BCUT2D eigenvalue weighted by Gasteiger charge is 2.27. The van der Waals surface area contributed by atoms with Crippen molar-refractivity contribution in [3.05, 3.63) is 33.8 Å². The van der Waals surface area contributed by atoms with E-state index in [0.29, 0.717) is 35.2 Å². The van der Waals surface area contributed by atoms with Crippen LogP contribution in [-0.2, 0) is 15.8 Å². The highest BCUT2D eigenvalue weighted by atomic mass is 35.5. The Balaban J connectivity index is 2.16. The molecule has 0 spiro atoms. The molecule has 1 fully saturated rings. The fourth-order valence-corrected chi connectivity index (χ4v) is 4.31. The largest absolute Gasteiger partial charge is 0.312 e. The maximum Gasteiger partial charge on any atom is 0.218 e. The number of halogens is 2. The Hall–Kier alpha value is -0.330. The quantitative estimate of drug-likeness (QED) is 0.927. The van der Waals surface area contributed by atoms with Crippen molar-refractivity contribution in [3.8, 4) is 0 Å². The molecule has 1 heterocycles. The van der Waals surface area contributed by atoms with E-state index in [2.05, 4.69) is 5.32 Å². The normalized spacial score (nSPS) is 21.5. The third kappa shape index (κ3) is 4.07. The Morgan fingerprint density at radius 2 is 1.95 bits per heavy atom. The monoisotopic (exact) mass is 322 g/mol. The predicted molar refractivity (Wildman–Crippen MR) is 78.1 cm³/mol. The van der Waals surface area contributed by atoms with E-state index in [1.54, 1.807) is 18.2 Å². The van der Waals surface area contributed by atoms with Crippen LogP contribution in [0.25, 0.3) is 0 Å². The minimum atomic E-state index is -3.33. The molecule has 0 amide bonds. The number of nitrogens with zero attached hydrogens (tertiary/aromatic N) is 1. The standard InChI is InChI=1S/C12H16Cl2N2O2S/c1-9-7-16(3-2-15-9)19(17,18)8-10-4-11(13)6-12(14)5-10/h4-6,9,15H,2-3,7-8H2,1H3. The second-order valence-electron chi connectivity index (χ2n) is 4.75. The van der Waals surface area contributed by atoms with Crippen LogP contribution in [-0.4, -0.2) is 38.4 Å². The van der Waals surface area contributed by atoms with E-state index < -0.39 is 10.0 Å². The van der Waals surface area contributed by atoms with Crippen LogP contribution in [0.5, 0.6) is 0 Å². The fraction of sp³-hybridized carbons (Fsp3) is 0.500. The molecule has 1 atom stereocenters. The summed E-state index contributed by atoms with van der Waals surface area (Å²) in [4.78, 5) is 0. The zero-order chi connectivity index (χ0) is 14.0. The van der Waals surface area contributed by atoms with Gasteiger partial charge in [-0.25, -0.2) is 8.42 Å². The highest BCUT2D eigenvalue weighted by Crippen LogP contribution is 2.22. The molecule has 1 unspecified atom stereocenters. The first-order chi connectivity index (χ1) is 8.87. The Morgan fingerprint density at radius 1 is 1.32 bits per heavy atom. The van der Waals surface area contributed by atoms with Gasteiger partial charge < -0.3 is 5.32 Å². The molecule has 106 valence electrons. The maximum atomic E-state index is 12.3. The van der Waals surface area contributed by atoms with Crippen LogP contribution in [0.2, 0.25) is 10.0 Å². The van der Waals surface area contributed by atoms with E-state index in [0.717, 1.165) is 0 Å². The fourth-order valence-electron chi connectivity index (χ4n) is 2.15. The zero-order valence-corrected chi connectivity index (χ0v) is 12.9. The molecule has 1 aromatic carbocycles. The number of hydrogen-bond donors (Lipinski definition) is 1. The third-order valence-electron chi connectivity index (χ3n) is 3.00. The number of rotatable bonds is 3. The lowest BCUT2D eigenvalue weighted by Gasteiger charge is -2.31. The van der Waals surface area contributed by atoms with E-state index in [-0.39, 0.29) is 11.8 Å². The van der Waals surface area contributed by atoms with Gasteiger partial charge in [0.05, 0.1) is 5.75 Å². The van der Waals surface area contributed by atoms with E-state index in [4.69, 9.17) is 23.2 Å². The summed E-state index contributed by atoms with van der Waals surface area (Å²) >= 11 is 11.8. The smallest absolute Gasteiger partial charge is 0.218 e. The lowest BCUT2D eigenvalue weighted by molar-refractivity contribution is 0.310. The molecule has 1 N–H and O–H groups in total. The summed E-state index contributed by atoms with van der Waals surface area (Å²) in [6, 6.07) is 5.03. The van der Waals surface area contributed by atoms with Crippen molar-refractivity contribution in [2.75, 3.05) is 19.6 Å². The van der Waals surface area contributed by atoms with Crippen LogP contribution in [0.1, 0.15) is 12.5 Å². The summed E-state index contributed by atoms with van der Waals surface area (Å²) in [5, 5.41) is 4.12. The Kier molecular flexibility index (Phi) is 4.74. The van der Waals surface area contributed by atoms with Crippen LogP contribution in [0.3, 0.4) is 0 Å². The van der Waals surface area contributed by atoms with Crippen molar-refractivity contribution in [1.82, 2.24) is 9.62 Å². The highest BCUT2D eigenvalue weighted by molar-refractivity contribution is 7.88. The molecule has 0 radical (unpaired) electrons. The maximum absolute atomic E-state index is 12.3. The van der Waals surface area contributed by atoms with Gasteiger partial charge in [0.1, 0.15) is 0 Å². The minimum Gasteiger partial charge on any atom is -0.312 e. The van der Waals surface area contributed by atoms with Crippen LogP contribution in [0.15, 0.2) is 18.2 Å². The van der Waals surface area contributed by atoms with Crippen LogP contribution in [0, 0.1) is 0 Å². The van der Waals surface area contributed by atoms with Crippen LogP contribution < -0.4 is 5.32 Å². The van der Waals surface area contributed by atoms with E-state index in [1.807, 2.05) is 6.92 Å². The number of benzene rings is 1. The van der Waals surface area contributed by atoms with Gasteiger partial charge in [0, 0.05) is 35.7 Å². The molecule has 1 aliphatic rings. The van der Waals surface area contributed by atoms with Gasteiger partial charge in [0.2, 0.25) is 10.0 Å². The van der Waals surface area contributed by atoms with Crippen molar-refractivity contribution in [2.45, 2.75) is 18.7 Å². The molecule has 0 bridgehead atoms. The molecule has 0 aromatic heterocycles. The molecular formula is C12H16Cl2N2O2S. The first-order valence-corrected chi connectivity index (χ1v) is 8.39. The Bertz CT molecular complexity index is 543. The number of piperazine rings is 1. The summed E-state index contributed by atoms with van der Waals surface area (Å²) in [5.41, 5.74) is 0.615. The average Bonchev–Trinajstić information content (AvgIpc) is 2.26. The molecule has 0 saturated carbocycles. The van der Waals surface area contributed by atoms with Gasteiger partial charge in [-0.15, -0.1) is 0 Å². The second-order valence-corrected chi connectivity index (χ2v) is 7.59. The minimum absolute atomic E-state index is 0.0694. The Labute approximate surface area is 123 Å². The molecule has 2 rings (SSSR count). The van der Waals surface area contributed by atoms with Gasteiger partial charge >= 0.3 is 0 Å². The van der Waals surface area contributed by atoms with Gasteiger partial charge in [-0.1, -0.05) is 23.2 Å². The van der Waals surface area contributed by atoms with E-state index in [9.17, 15) is 8.42 Å². The number of sulfonamides is 1. The van der Waals surface area contributed by atoms with Gasteiger partial charge in [-0.05, 0) is 30.7 Å². The van der Waals surface area contributed by atoms with Crippen molar-refractivity contribution in [2.24, 2.45) is 0 Å². The number of nitrogens with one attached hydrogen (secondary N) is 1. The molecule has 4 nitrogen and oxygen atoms in total. The third-order valence-corrected chi connectivity index (χ3v) is 5.25. The summed E-state index contributed by atoms with van der Waals surface area (Å²) in [6.07, 6.45) is 0. The molecule has 19 heavy (non-hydrogen) atoms. The van der Waals surface area contributed by atoms with Gasteiger partial charge in [-0.2, -0.15) is 4.31 Å². The van der Waals surface area contributed by atoms with Gasteiger partial charge in [0.25, 0.3) is 0 Å². The van der Waals surface area contributed by atoms with Crippen LogP contribution >= 0.6 is 23.2 Å². The van der Waals surface area contributed by atoms with E-state index >= 15 is 0 Å².